The predicted octanol–water partition coefficient (Wildman–Crippen LogP) is 1.84. The van der Waals surface area contributed by atoms with E-state index in [4.69, 9.17) is 9.88 Å². The van der Waals surface area contributed by atoms with Crippen LogP contribution in [-0.2, 0) is 30.8 Å². The topological polar surface area (TPSA) is 116 Å². The summed E-state index contributed by atoms with van der Waals surface area (Å²) in [6.45, 7) is 1.47. The van der Waals surface area contributed by atoms with Gasteiger partial charge in [-0.2, -0.15) is 0 Å². The van der Waals surface area contributed by atoms with Gasteiger partial charge in [0.2, 0.25) is 10.0 Å². The lowest BCUT2D eigenvalue weighted by Crippen LogP contribution is -2.30. The summed E-state index contributed by atoms with van der Waals surface area (Å²) >= 11 is 0. The minimum absolute atomic E-state index is 0.0594. The van der Waals surface area contributed by atoms with E-state index in [1.807, 2.05) is 30.3 Å². The number of carbonyl (C=O) groups is 2. The van der Waals surface area contributed by atoms with Gasteiger partial charge >= 0.3 is 5.97 Å². The van der Waals surface area contributed by atoms with Crippen molar-refractivity contribution in [2.75, 3.05) is 5.32 Å². The van der Waals surface area contributed by atoms with Crippen molar-refractivity contribution >= 4 is 27.6 Å². The highest BCUT2D eigenvalue weighted by Gasteiger charge is 2.18. The Balaban J connectivity index is 1.84. The van der Waals surface area contributed by atoms with Crippen molar-refractivity contribution in [3.05, 3.63) is 60.2 Å². The maximum atomic E-state index is 12.1. The smallest absolute Gasteiger partial charge is 0.306 e. The van der Waals surface area contributed by atoms with Crippen molar-refractivity contribution in [1.82, 2.24) is 0 Å². The van der Waals surface area contributed by atoms with Crippen LogP contribution in [-0.4, -0.2) is 26.4 Å². The first-order valence-electron chi connectivity index (χ1n) is 7.93. The number of anilines is 1. The van der Waals surface area contributed by atoms with Gasteiger partial charge in [-0.1, -0.05) is 30.3 Å². The van der Waals surface area contributed by atoms with Crippen LogP contribution in [0.15, 0.2) is 59.5 Å². The van der Waals surface area contributed by atoms with Gasteiger partial charge in [-0.15, -0.1) is 0 Å². The molecule has 0 saturated heterocycles. The Bertz CT molecular complexity index is 864. The number of primary sulfonamides is 1. The second-order valence-corrected chi connectivity index (χ2v) is 7.24. The molecular formula is C18H20N2O5S. The van der Waals surface area contributed by atoms with E-state index in [0.717, 1.165) is 5.56 Å². The number of rotatable bonds is 7. The average Bonchev–Trinajstić information content (AvgIpc) is 2.60. The van der Waals surface area contributed by atoms with Crippen LogP contribution in [0, 0.1) is 0 Å². The molecule has 2 aromatic rings. The molecule has 0 heterocycles. The van der Waals surface area contributed by atoms with E-state index >= 15 is 0 Å². The molecule has 1 atom stereocenters. The second kappa shape index (κ2) is 8.59. The van der Waals surface area contributed by atoms with E-state index in [1.165, 1.54) is 31.2 Å². The fourth-order valence-electron chi connectivity index (χ4n) is 2.17. The van der Waals surface area contributed by atoms with Crippen LogP contribution >= 0.6 is 0 Å². The van der Waals surface area contributed by atoms with Crippen LogP contribution < -0.4 is 10.5 Å². The number of ether oxygens (including phenoxy) is 1. The predicted molar refractivity (Wildman–Crippen MR) is 96.8 cm³/mol. The van der Waals surface area contributed by atoms with Crippen LogP contribution in [0.5, 0.6) is 0 Å². The second-order valence-electron chi connectivity index (χ2n) is 5.68. The highest BCUT2D eigenvalue weighted by Crippen LogP contribution is 2.13. The Hall–Kier alpha value is -2.71. The molecule has 0 aliphatic rings. The van der Waals surface area contributed by atoms with Crippen molar-refractivity contribution in [3.8, 4) is 0 Å². The van der Waals surface area contributed by atoms with E-state index in [2.05, 4.69) is 5.32 Å². The summed E-state index contributed by atoms with van der Waals surface area (Å²) < 4.78 is 27.5. The molecular weight excluding hydrogens is 356 g/mol. The van der Waals surface area contributed by atoms with Gasteiger partial charge in [-0.25, -0.2) is 13.6 Å². The van der Waals surface area contributed by atoms with E-state index in [0.29, 0.717) is 12.1 Å². The maximum absolute atomic E-state index is 12.1. The van der Waals surface area contributed by atoms with E-state index < -0.39 is 28.0 Å². The van der Waals surface area contributed by atoms with Crippen LogP contribution in [0.4, 0.5) is 5.69 Å². The number of carbonyl (C=O) groups excluding carboxylic acids is 2. The molecule has 7 nitrogen and oxygen atoms in total. The number of esters is 1. The van der Waals surface area contributed by atoms with Gasteiger partial charge < -0.3 is 10.1 Å². The first-order valence-corrected chi connectivity index (χ1v) is 9.47. The molecule has 0 aliphatic heterocycles. The van der Waals surface area contributed by atoms with Crippen LogP contribution in [0.25, 0.3) is 0 Å². The third kappa shape index (κ3) is 5.98. The van der Waals surface area contributed by atoms with Crippen molar-refractivity contribution < 1.29 is 22.7 Å². The van der Waals surface area contributed by atoms with Crippen molar-refractivity contribution in [2.45, 2.75) is 30.8 Å². The Morgan fingerprint density at radius 2 is 1.69 bits per heavy atom. The number of nitrogens with two attached hydrogens (primary N) is 1. The number of nitrogens with one attached hydrogen (secondary N) is 1. The molecule has 0 fully saturated rings. The molecule has 2 rings (SSSR count). The summed E-state index contributed by atoms with van der Waals surface area (Å²) in [5, 5.41) is 7.56. The highest BCUT2D eigenvalue weighted by atomic mass is 32.2. The third-order valence-corrected chi connectivity index (χ3v) is 4.52. The van der Waals surface area contributed by atoms with Crippen molar-refractivity contribution in [1.29, 1.82) is 0 Å². The molecule has 0 spiro atoms. The largest absolute Gasteiger partial charge is 0.453 e. The van der Waals surface area contributed by atoms with Crippen molar-refractivity contribution in [2.24, 2.45) is 5.14 Å². The van der Waals surface area contributed by atoms with E-state index in [-0.39, 0.29) is 11.3 Å². The third-order valence-electron chi connectivity index (χ3n) is 3.59. The minimum Gasteiger partial charge on any atom is -0.453 e. The summed E-state index contributed by atoms with van der Waals surface area (Å²) in [6, 6.07) is 14.9. The molecule has 3 N–H and O–H groups in total. The Kier molecular flexibility index (Phi) is 6.48. The minimum atomic E-state index is -3.79. The van der Waals surface area contributed by atoms with Crippen LogP contribution in [0.3, 0.4) is 0 Å². The summed E-state index contributed by atoms with van der Waals surface area (Å²) in [5.74, 6) is -0.984. The molecule has 1 amide bonds. The zero-order valence-electron chi connectivity index (χ0n) is 14.2. The number of hydrogen-bond donors (Lipinski definition) is 2. The Morgan fingerprint density at radius 3 is 2.27 bits per heavy atom. The summed E-state index contributed by atoms with van der Waals surface area (Å²) in [6.07, 6.45) is -0.274. The SMILES string of the molecule is C[C@@H](OC(=O)CCc1ccccc1)C(=O)Nc1ccc(S(N)(=O)=O)cc1. The fraction of sp³-hybridized carbons (Fsp3) is 0.222. The zero-order chi connectivity index (χ0) is 19.2. The number of aryl methyl sites for hydroxylation is 1. The van der Waals surface area contributed by atoms with E-state index in [9.17, 15) is 18.0 Å². The van der Waals surface area contributed by atoms with Crippen LogP contribution in [0.1, 0.15) is 18.9 Å². The Labute approximate surface area is 152 Å². The monoisotopic (exact) mass is 376 g/mol. The lowest BCUT2D eigenvalue weighted by Gasteiger charge is -2.13. The molecule has 0 aliphatic carbocycles. The van der Waals surface area contributed by atoms with Gasteiger partial charge in [0, 0.05) is 12.1 Å². The zero-order valence-corrected chi connectivity index (χ0v) is 15.0. The standard InChI is InChI=1S/C18H20N2O5S/c1-13(25-17(21)12-7-14-5-3-2-4-6-14)18(22)20-15-8-10-16(11-9-15)26(19,23)24/h2-6,8-11,13H,7,12H2,1H3,(H,20,22)(H2,19,23,24)/t13-/m1/s1. The first kappa shape index (κ1) is 19.6. The molecule has 138 valence electrons. The molecule has 26 heavy (non-hydrogen) atoms. The lowest BCUT2D eigenvalue weighted by atomic mass is 10.1. The summed E-state index contributed by atoms with van der Waals surface area (Å²) in [5.41, 5.74) is 1.38. The fourth-order valence-corrected chi connectivity index (χ4v) is 2.69. The summed E-state index contributed by atoms with van der Waals surface area (Å²) in [4.78, 5) is 23.9. The van der Waals surface area contributed by atoms with Gasteiger partial charge in [-0.05, 0) is 43.2 Å². The van der Waals surface area contributed by atoms with Gasteiger partial charge in [0.15, 0.2) is 6.10 Å². The molecule has 0 unspecified atom stereocenters. The lowest BCUT2D eigenvalue weighted by molar-refractivity contribution is -0.153. The normalized spacial score (nSPS) is 12.2. The molecule has 0 saturated carbocycles. The quantitative estimate of drug-likeness (QED) is 0.715. The number of sulfonamides is 1. The van der Waals surface area contributed by atoms with Gasteiger partial charge in [-0.3, -0.25) is 9.59 Å². The van der Waals surface area contributed by atoms with Crippen LogP contribution in [0.2, 0.25) is 0 Å². The van der Waals surface area contributed by atoms with Gasteiger partial charge in [0.1, 0.15) is 0 Å². The van der Waals surface area contributed by atoms with Gasteiger partial charge in [0.05, 0.1) is 4.90 Å². The molecule has 0 radical (unpaired) electrons. The van der Waals surface area contributed by atoms with E-state index in [1.54, 1.807) is 0 Å². The number of benzene rings is 2. The summed E-state index contributed by atoms with van der Waals surface area (Å²) in [7, 11) is -3.79. The number of amides is 1. The Morgan fingerprint density at radius 1 is 1.08 bits per heavy atom. The molecule has 0 aromatic heterocycles. The van der Waals surface area contributed by atoms with Crippen molar-refractivity contribution in [3.63, 3.8) is 0 Å². The highest BCUT2D eigenvalue weighted by molar-refractivity contribution is 7.89. The first-order chi connectivity index (χ1) is 12.3. The maximum Gasteiger partial charge on any atom is 0.306 e. The van der Waals surface area contributed by atoms with Gasteiger partial charge in [0.25, 0.3) is 5.91 Å². The average molecular weight is 376 g/mol. The molecule has 0 bridgehead atoms. The molecule has 8 heteroatoms. The molecule has 2 aromatic carbocycles. The number of hydrogen-bond acceptors (Lipinski definition) is 5.